The SMILES string of the molecule is CCc1ccccc1.[H-].[K+]. The Kier molecular flexibility index (Phi) is 6.16. The maximum atomic E-state index is 2.16. The van der Waals surface area contributed by atoms with Crippen molar-refractivity contribution in [3.63, 3.8) is 0 Å². The Hall–Kier alpha value is 0.856. The Balaban J connectivity index is 0. The van der Waals surface area contributed by atoms with E-state index in [0.717, 1.165) is 6.42 Å². The van der Waals surface area contributed by atoms with Gasteiger partial charge < -0.3 is 1.43 Å². The zero-order chi connectivity index (χ0) is 5.82. The maximum absolute atomic E-state index is 2.16. The summed E-state index contributed by atoms with van der Waals surface area (Å²) >= 11 is 0. The first-order chi connectivity index (χ1) is 3.93. The Bertz CT molecular complexity index is 151. The molecule has 0 heterocycles. The van der Waals surface area contributed by atoms with Gasteiger partial charge in [-0.15, -0.1) is 0 Å². The van der Waals surface area contributed by atoms with Gasteiger partial charge in [-0.2, -0.15) is 0 Å². The smallest absolute Gasteiger partial charge is 1.00 e. The van der Waals surface area contributed by atoms with Crippen molar-refractivity contribution in [3.8, 4) is 0 Å². The van der Waals surface area contributed by atoms with Crippen LogP contribution in [0.1, 0.15) is 13.9 Å². The van der Waals surface area contributed by atoms with Crippen LogP contribution in [0.15, 0.2) is 30.3 Å². The van der Waals surface area contributed by atoms with E-state index in [4.69, 9.17) is 0 Å². The van der Waals surface area contributed by atoms with E-state index in [9.17, 15) is 0 Å². The Morgan fingerprint density at radius 3 is 2.11 bits per heavy atom. The van der Waals surface area contributed by atoms with Crippen molar-refractivity contribution in [1.29, 1.82) is 0 Å². The van der Waals surface area contributed by atoms with Crippen LogP contribution in [0.25, 0.3) is 0 Å². The molecule has 0 N–H and O–H groups in total. The van der Waals surface area contributed by atoms with Gasteiger partial charge >= 0.3 is 51.4 Å². The minimum absolute atomic E-state index is 0. The molecule has 0 aliphatic heterocycles. The molecule has 0 amide bonds. The largest absolute Gasteiger partial charge is 1.00 e. The molecule has 0 spiro atoms. The van der Waals surface area contributed by atoms with E-state index in [1.165, 1.54) is 5.56 Å². The van der Waals surface area contributed by atoms with Crippen molar-refractivity contribution in [2.75, 3.05) is 0 Å². The minimum Gasteiger partial charge on any atom is -1.00 e. The molecule has 0 unspecified atom stereocenters. The predicted octanol–water partition coefficient (Wildman–Crippen LogP) is -0.635. The first-order valence-corrected chi connectivity index (χ1v) is 2.97. The molecular formula is C8H11K. The molecule has 9 heavy (non-hydrogen) atoms. The Morgan fingerprint density at radius 2 is 1.78 bits per heavy atom. The van der Waals surface area contributed by atoms with Crippen molar-refractivity contribution in [3.05, 3.63) is 35.9 Å². The van der Waals surface area contributed by atoms with Gasteiger partial charge in [-0.25, -0.2) is 0 Å². The molecule has 44 valence electrons. The minimum atomic E-state index is 0. The standard InChI is InChI=1S/C8H10.K.H/c1-2-8-6-4-3-5-7-8;;/h3-7H,2H2,1H3;;/q;+1;-1. The topological polar surface area (TPSA) is 0 Å². The van der Waals surface area contributed by atoms with Gasteiger partial charge in [0.1, 0.15) is 0 Å². The molecule has 0 aliphatic carbocycles. The number of aryl methyl sites for hydroxylation is 1. The first kappa shape index (κ1) is 9.86. The third-order valence-electron chi connectivity index (χ3n) is 1.25. The monoisotopic (exact) mass is 146 g/mol. The normalized spacial score (nSPS) is 8.11. The summed E-state index contributed by atoms with van der Waals surface area (Å²) in [6.45, 7) is 2.16. The van der Waals surface area contributed by atoms with Gasteiger partial charge in [0.15, 0.2) is 0 Å². The molecule has 1 heteroatoms. The van der Waals surface area contributed by atoms with E-state index in [1.54, 1.807) is 0 Å². The summed E-state index contributed by atoms with van der Waals surface area (Å²) in [5.74, 6) is 0. The van der Waals surface area contributed by atoms with Gasteiger partial charge in [0.2, 0.25) is 0 Å². The van der Waals surface area contributed by atoms with Crippen LogP contribution in [0.2, 0.25) is 0 Å². The molecule has 1 aromatic carbocycles. The summed E-state index contributed by atoms with van der Waals surface area (Å²) in [4.78, 5) is 0. The van der Waals surface area contributed by atoms with E-state index in [-0.39, 0.29) is 52.8 Å². The summed E-state index contributed by atoms with van der Waals surface area (Å²) in [6, 6.07) is 10.5. The molecular weight excluding hydrogens is 135 g/mol. The van der Waals surface area contributed by atoms with Crippen molar-refractivity contribution < 1.29 is 52.8 Å². The van der Waals surface area contributed by atoms with E-state index in [0.29, 0.717) is 0 Å². The zero-order valence-electron chi connectivity index (χ0n) is 7.09. The number of hydrogen-bond acceptors (Lipinski definition) is 0. The quantitative estimate of drug-likeness (QED) is 0.463. The van der Waals surface area contributed by atoms with E-state index in [1.807, 2.05) is 6.07 Å². The van der Waals surface area contributed by atoms with E-state index >= 15 is 0 Å². The summed E-state index contributed by atoms with van der Waals surface area (Å²) in [5.41, 5.74) is 1.41. The van der Waals surface area contributed by atoms with Crippen molar-refractivity contribution in [2.24, 2.45) is 0 Å². The molecule has 0 fully saturated rings. The summed E-state index contributed by atoms with van der Waals surface area (Å²) in [5, 5.41) is 0. The molecule has 0 aromatic heterocycles. The third kappa shape index (κ3) is 3.53. The zero-order valence-corrected chi connectivity index (χ0v) is 9.22. The fourth-order valence-corrected chi connectivity index (χ4v) is 0.714. The van der Waals surface area contributed by atoms with Crippen LogP contribution in [0, 0.1) is 0 Å². The second kappa shape index (κ2) is 5.63. The van der Waals surface area contributed by atoms with Gasteiger partial charge in [-0.1, -0.05) is 37.3 Å². The molecule has 0 saturated carbocycles. The second-order valence-corrected chi connectivity index (χ2v) is 1.84. The van der Waals surface area contributed by atoms with Gasteiger partial charge in [0.05, 0.1) is 0 Å². The van der Waals surface area contributed by atoms with Crippen LogP contribution < -0.4 is 51.4 Å². The van der Waals surface area contributed by atoms with Crippen LogP contribution in [-0.2, 0) is 6.42 Å². The average molecular weight is 146 g/mol. The van der Waals surface area contributed by atoms with Crippen LogP contribution >= 0.6 is 0 Å². The van der Waals surface area contributed by atoms with E-state index < -0.39 is 0 Å². The van der Waals surface area contributed by atoms with Gasteiger partial charge in [0, 0.05) is 0 Å². The second-order valence-electron chi connectivity index (χ2n) is 1.84. The van der Waals surface area contributed by atoms with E-state index in [2.05, 4.69) is 31.2 Å². The van der Waals surface area contributed by atoms with Crippen LogP contribution in [0.3, 0.4) is 0 Å². The van der Waals surface area contributed by atoms with Crippen LogP contribution in [0.4, 0.5) is 0 Å². The molecule has 0 saturated heterocycles. The summed E-state index contributed by atoms with van der Waals surface area (Å²) in [7, 11) is 0. The van der Waals surface area contributed by atoms with Gasteiger partial charge in [-0.3, -0.25) is 0 Å². The summed E-state index contributed by atoms with van der Waals surface area (Å²) in [6.07, 6.45) is 1.14. The number of benzene rings is 1. The van der Waals surface area contributed by atoms with Gasteiger partial charge in [0.25, 0.3) is 0 Å². The van der Waals surface area contributed by atoms with Crippen LogP contribution in [-0.4, -0.2) is 0 Å². The number of hydrogen-bond donors (Lipinski definition) is 0. The van der Waals surface area contributed by atoms with Gasteiger partial charge in [-0.05, 0) is 12.0 Å². The predicted molar refractivity (Wildman–Crippen MR) is 36.9 cm³/mol. The van der Waals surface area contributed by atoms with Crippen molar-refractivity contribution >= 4 is 0 Å². The Labute approximate surface area is 101 Å². The first-order valence-electron chi connectivity index (χ1n) is 2.97. The van der Waals surface area contributed by atoms with Crippen molar-refractivity contribution in [1.82, 2.24) is 0 Å². The molecule has 0 atom stereocenters. The number of rotatable bonds is 1. The van der Waals surface area contributed by atoms with Crippen molar-refractivity contribution in [2.45, 2.75) is 13.3 Å². The molecule has 0 radical (unpaired) electrons. The maximum Gasteiger partial charge on any atom is 1.00 e. The Morgan fingerprint density at radius 1 is 1.22 bits per heavy atom. The molecule has 1 aromatic rings. The molecule has 0 nitrogen and oxygen atoms in total. The summed E-state index contributed by atoms with van der Waals surface area (Å²) < 4.78 is 0. The molecule has 0 bridgehead atoms. The fraction of sp³-hybridized carbons (Fsp3) is 0.250. The fourth-order valence-electron chi connectivity index (χ4n) is 0.714. The molecule has 0 aliphatic rings. The average Bonchev–Trinajstić information content (AvgIpc) is 1.90. The third-order valence-corrected chi connectivity index (χ3v) is 1.25. The molecule has 1 rings (SSSR count). The van der Waals surface area contributed by atoms with Crippen LogP contribution in [0.5, 0.6) is 0 Å².